The van der Waals surface area contributed by atoms with Crippen LogP contribution in [0.2, 0.25) is 0 Å². The maximum absolute atomic E-state index is 11.9. The standard InChI is InChI=1S/C15H12O6S/c16-12-5-3-11(4-6-12)13(17)7-1-10-2-8-14(18)15(9-10)22(19,20)21/h1-9,16,18H,(H,19,20,21)/p-1/b7-1+. The van der Waals surface area contributed by atoms with Gasteiger partial charge < -0.3 is 14.8 Å². The molecule has 2 rings (SSSR count). The van der Waals surface area contributed by atoms with Crippen LogP contribution >= 0.6 is 0 Å². The van der Waals surface area contributed by atoms with Gasteiger partial charge in [0.2, 0.25) is 0 Å². The van der Waals surface area contributed by atoms with Crippen molar-refractivity contribution < 1.29 is 28.0 Å². The number of aromatic hydroxyl groups is 2. The second kappa shape index (κ2) is 6.00. The van der Waals surface area contributed by atoms with Crippen molar-refractivity contribution in [3.8, 4) is 11.5 Å². The van der Waals surface area contributed by atoms with Gasteiger partial charge in [0, 0.05) is 5.56 Å². The van der Waals surface area contributed by atoms with Crippen molar-refractivity contribution in [1.29, 1.82) is 0 Å². The molecule has 0 atom stereocenters. The van der Waals surface area contributed by atoms with Crippen LogP contribution in [0, 0.1) is 0 Å². The van der Waals surface area contributed by atoms with Gasteiger partial charge in [0.1, 0.15) is 21.6 Å². The predicted octanol–water partition coefficient (Wildman–Crippen LogP) is 1.90. The van der Waals surface area contributed by atoms with Gasteiger partial charge >= 0.3 is 0 Å². The van der Waals surface area contributed by atoms with Crippen molar-refractivity contribution in [3.63, 3.8) is 0 Å². The molecule has 2 N–H and O–H groups in total. The van der Waals surface area contributed by atoms with Crippen LogP contribution in [0.15, 0.2) is 53.4 Å². The summed E-state index contributed by atoms with van der Waals surface area (Å²) in [5, 5.41) is 18.5. The zero-order valence-corrected chi connectivity index (χ0v) is 11.9. The average molecular weight is 319 g/mol. The molecule has 0 spiro atoms. The van der Waals surface area contributed by atoms with E-state index < -0.39 is 20.8 Å². The van der Waals surface area contributed by atoms with E-state index >= 15 is 0 Å². The van der Waals surface area contributed by atoms with E-state index in [-0.39, 0.29) is 17.1 Å². The minimum absolute atomic E-state index is 0.0318. The van der Waals surface area contributed by atoms with Crippen molar-refractivity contribution in [1.82, 2.24) is 0 Å². The molecule has 0 aliphatic rings. The molecule has 0 unspecified atom stereocenters. The van der Waals surface area contributed by atoms with Gasteiger partial charge in [-0.25, -0.2) is 8.42 Å². The van der Waals surface area contributed by atoms with Crippen LogP contribution in [-0.4, -0.2) is 29.0 Å². The van der Waals surface area contributed by atoms with Gasteiger partial charge in [0.15, 0.2) is 5.78 Å². The second-order valence-electron chi connectivity index (χ2n) is 4.43. The fraction of sp³-hybridized carbons (Fsp3) is 0. The molecule has 114 valence electrons. The normalized spacial score (nSPS) is 11.7. The van der Waals surface area contributed by atoms with E-state index in [1.165, 1.54) is 42.5 Å². The van der Waals surface area contributed by atoms with Gasteiger partial charge in [0.25, 0.3) is 0 Å². The summed E-state index contributed by atoms with van der Waals surface area (Å²) < 4.78 is 32.9. The zero-order valence-electron chi connectivity index (χ0n) is 11.1. The molecule has 0 aromatic heterocycles. The Bertz CT molecular complexity index is 835. The molecule has 22 heavy (non-hydrogen) atoms. The number of ketones is 1. The smallest absolute Gasteiger partial charge is 0.185 e. The number of carbonyl (C=O) groups is 1. The van der Waals surface area contributed by atoms with E-state index in [9.17, 15) is 22.9 Å². The number of carbonyl (C=O) groups excluding carboxylic acids is 1. The van der Waals surface area contributed by atoms with Crippen molar-refractivity contribution >= 4 is 22.0 Å². The summed E-state index contributed by atoms with van der Waals surface area (Å²) in [6.07, 6.45) is 2.52. The molecule has 0 saturated heterocycles. The fourth-order valence-corrected chi connectivity index (χ4v) is 2.33. The SMILES string of the molecule is O=C(/C=C/c1ccc(O)c(S(=O)(=O)[O-])c1)c1ccc(O)cc1. The second-order valence-corrected chi connectivity index (χ2v) is 5.77. The molecular formula is C15H11O6S-. The molecule has 7 heteroatoms. The summed E-state index contributed by atoms with van der Waals surface area (Å²) >= 11 is 0. The lowest BCUT2D eigenvalue weighted by Gasteiger charge is -2.09. The molecule has 0 saturated carbocycles. The maximum Gasteiger partial charge on any atom is 0.185 e. The summed E-state index contributed by atoms with van der Waals surface area (Å²) in [5.41, 5.74) is 0.615. The summed E-state index contributed by atoms with van der Waals surface area (Å²) in [5.74, 6) is -0.971. The van der Waals surface area contributed by atoms with Crippen LogP contribution in [0.1, 0.15) is 15.9 Å². The van der Waals surface area contributed by atoms with E-state index in [0.29, 0.717) is 5.56 Å². The molecule has 2 aromatic carbocycles. The van der Waals surface area contributed by atoms with Gasteiger partial charge in [0.05, 0.1) is 4.90 Å². The highest BCUT2D eigenvalue weighted by molar-refractivity contribution is 7.85. The van der Waals surface area contributed by atoms with Crippen molar-refractivity contribution in [2.75, 3.05) is 0 Å². The highest BCUT2D eigenvalue weighted by Gasteiger charge is 2.08. The van der Waals surface area contributed by atoms with E-state index in [0.717, 1.165) is 12.1 Å². The average Bonchev–Trinajstić information content (AvgIpc) is 2.45. The van der Waals surface area contributed by atoms with Crippen molar-refractivity contribution in [2.24, 2.45) is 0 Å². The minimum atomic E-state index is -4.80. The number of allylic oxidation sites excluding steroid dienone is 1. The summed E-state index contributed by atoms with van der Waals surface area (Å²) in [6.45, 7) is 0. The van der Waals surface area contributed by atoms with Crippen LogP contribution in [0.3, 0.4) is 0 Å². The number of benzene rings is 2. The Balaban J connectivity index is 2.27. The summed E-state index contributed by atoms with van der Waals surface area (Å²) in [4.78, 5) is 11.1. The molecule has 0 amide bonds. The largest absolute Gasteiger partial charge is 0.744 e. The highest BCUT2D eigenvalue weighted by atomic mass is 32.2. The molecule has 0 bridgehead atoms. The first kappa shape index (κ1) is 15.7. The number of hydrogen-bond acceptors (Lipinski definition) is 6. The number of hydrogen-bond donors (Lipinski definition) is 2. The monoisotopic (exact) mass is 319 g/mol. The lowest BCUT2D eigenvalue weighted by molar-refractivity contribution is 0.104. The fourth-order valence-electron chi connectivity index (χ4n) is 1.73. The van der Waals surface area contributed by atoms with Gasteiger partial charge in [-0.2, -0.15) is 0 Å². The van der Waals surface area contributed by atoms with Crippen molar-refractivity contribution in [2.45, 2.75) is 4.90 Å². The molecular weight excluding hydrogens is 308 g/mol. The lowest BCUT2D eigenvalue weighted by Crippen LogP contribution is -1.99. The third-order valence-corrected chi connectivity index (χ3v) is 3.70. The molecule has 0 heterocycles. The van der Waals surface area contributed by atoms with Crippen molar-refractivity contribution in [3.05, 3.63) is 59.7 Å². The topological polar surface area (TPSA) is 115 Å². The van der Waals surface area contributed by atoms with Gasteiger partial charge in [-0.05, 0) is 48.0 Å². The quantitative estimate of drug-likeness (QED) is 0.505. The van der Waals surface area contributed by atoms with Crippen LogP contribution in [0.25, 0.3) is 6.08 Å². The van der Waals surface area contributed by atoms with Gasteiger partial charge in [-0.1, -0.05) is 12.1 Å². The first-order valence-corrected chi connectivity index (χ1v) is 7.48. The molecule has 0 aliphatic heterocycles. The highest BCUT2D eigenvalue weighted by Crippen LogP contribution is 2.24. The van der Waals surface area contributed by atoms with Crippen LogP contribution in [0.4, 0.5) is 0 Å². The maximum atomic E-state index is 11.9. The Morgan fingerprint density at radius 3 is 2.27 bits per heavy atom. The van der Waals surface area contributed by atoms with E-state index in [1.54, 1.807) is 0 Å². The third kappa shape index (κ3) is 3.72. The van der Waals surface area contributed by atoms with E-state index in [2.05, 4.69) is 0 Å². The van der Waals surface area contributed by atoms with Crippen LogP contribution < -0.4 is 0 Å². The zero-order chi connectivity index (χ0) is 16.3. The number of phenolic OH excluding ortho intramolecular Hbond substituents is 2. The molecule has 2 aromatic rings. The third-order valence-electron chi connectivity index (χ3n) is 2.83. The minimum Gasteiger partial charge on any atom is -0.744 e. The van der Waals surface area contributed by atoms with E-state index in [1.807, 2.05) is 0 Å². The molecule has 0 fully saturated rings. The van der Waals surface area contributed by atoms with Gasteiger partial charge in [-0.15, -0.1) is 0 Å². The Hall–Kier alpha value is -2.64. The van der Waals surface area contributed by atoms with Crippen LogP contribution in [-0.2, 0) is 10.1 Å². The molecule has 0 aliphatic carbocycles. The summed E-state index contributed by atoms with van der Waals surface area (Å²) in [7, 11) is -4.80. The predicted molar refractivity (Wildman–Crippen MR) is 77.5 cm³/mol. The number of phenols is 2. The van der Waals surface area contributed by atoms with E-state index in [4.69, 9.17) is 5.11 Å². The van der Waals surface area contributed by atoms with Gasteiger partial charge in [-0.3, -0.25) is 4.79 Å². The Labute approximate surface area is 126 Å². The first-order chi connectivity index (χ1) is 10.3. The first-order valence-electron chi connectivity index (χ1n) is 6.08. The lowest BCUT2D eigenvalue weighted by atomic mass is 10.1. The van der Waals surface area contributed by atoms with Crippen LogP contribution in [0.5, 0.6) is 11.5 Å². The molecule has 6 nitrogen and oxygen atoms in total. The molecule has 0 radical (unpaired) electrons. The number of rotatable bonds is 4. The Morgan fingerprint density at radius 2 is 1.68 bits per heavy atom. The summed E-state index contributed by atoms with van der Waals surface area (Å²) in [6, 6.07) is 9.02. The Morgan fingerprint density at radius 1 is 1.05 bits per heavy atom. The Kier molecular flexibility index (Phi) is 4.30.